The Bertz CT molecular complexity index is 1180. The largest absolute Gasteiger partial charge is 0.508 e. The Labute approximate surface area is 222 Å². The van der Waals surface area contributed by atoms with Crippen LogP contribution in [0.5, 0.6) is 5.75 Å². The van der Waals surface area contributed by atoms with E-state index < -0.39 is 0 Å². The summed E-state index contributed by atoms with van der Waals surface area (Å²) in [6.45, 7) is 3.32. The maximum atomic E-state index is 13.2. The SMILES string of the molecule is CCCCc1ccc(C#Cc2ccc(CN(Cc3ccc(O)cc3)C(=O)CCC3CCCC3)cc2)cc1. The fourth-order valence-electron chi connectivity index (χ4n) is 5.03. The lowest BCUT2D eigenvalue weighted by molar-refractivity contribution is -0.132. The number of aromatic hydroxyl groups is 1. The molecule has 192 valence electrons. The predicted octanol–water partition coefficient (Wildman–Crippen LogP) is 7.63. The van der Waals surface area contributed by atoms with Gasteiger partial charge in [-0.05, 0) is 78.3 Å². The Morgan fingerprint density at radius 3 is 1.86 bits per heavy atom. The summed E-state index contributed by atoms with van der Waals surface area (Å²) >= 11 is 0. The molecule has 1 amide bonds. The summed E-state index contributed by atoms with van der Waals surface area (Å²) in [7, 11) is 0. The van der Waals surface area contributed by atoms with Gasteiger partial charge in [-0.1, -0.05) is 87.3 Å². The number of phenolic OH excluding ortho intramolecular Hbond substituents is 1. The van der Waals surface area contributed by atoms with Gasteiger partial charge < -0.3 is 10.0 Å². The molecule has 1 fully saturated rings. The maximum absolute atomic E-state index is 13.2. The Morgan fingerprint density at radius 1 is 0.811 bits per heavy atom. The molecule has 3 aromatic rings. The molecule has 1 saturated carbocycles. The number of carbonyl (C=O) groups excluding carboxylic acids is 1. The van der Waals surface area contributed by atoms with Crippen molar-refractivity contribution in [3.63, 3.8) is 0 Å². The molecule has 0 saturated heterocycles. The molecule has 3 nitrogen and oxygen atoms in total. The zero-order valence-electron chi connectivity index (χ0n) is 22.1. The van der Waals surface area contributed by atoms with Crippen molar-refractivity contribution in [1.29, 1.82) is 0 Å². The van der Waals surface area contributed by atoms with Crippen LogP contribution in [0.25, 0.3) is 0 Å². The second kappa shape index (κ2) is 13.7. The molecule has 1 aliphatic carbocycles. The summed E-state index contributed by atoms with van der Waals surface area (Å²) in [5.74, 6) is 7.68. The molecule has 0 aliphatic heterocycles. The molecular formula is C34H39NO2. The summed E-state index contributed by atoms with van der Waals surface area (Å²) in [5, 5.41) is 9.63. The maximum Gasteiger partial charge on any atom is 0.223 e. The molecule has 0 aromatic heterocycles. The Hall–Kier alpha value is -3.51. The van der Waals surface area contributed by atoms with E-state index in [1.165, 1.54) is 44.1 Å². The van der Waals surface area contributed by atoms with Crippen LogP contribution >= 0.6 is 0 Å². The topological polar surface area (TPSA) is 40.5 Å². The fourth-order valence-corrected chi connectivity index (χ4v) is 5.03. The van der Waals surface area contributed by atoms with Crippen molar-refractivity contribution in [2.75, 3.05) is 0 Å². The average molecular weight is 494 g/mol. The standard InChI is InChI=1S/C34H39NO2/c1-2-3-6-28-9-11-29(12-10-28)13-14-30-15-17-31(18-16-30)25-35(26-32-19-22-33(36)23-20-32)34(37)24-21-27-7-4-5-8-27/h9-12,15-20,22-23,27,36H,2-8,21,24-26H2,1H3. The second-order valence-corrected chi connectivity index (χ2v) is 10.4. The van der Waals surface area contributed by atoms with E-state index in [4.69, 9.17) is 0 Å². The summed E-state index contributed by atoms with van der Waals surface area (Å²) in [6, 6.07) is 23.9. The number of amides is 1. The quantitative estimate of drug-likeness (QED) is 0.295. The highest BCUT2D eigenvalue weighted by Crippen LogP contribution is 2.29. The number of aryl methyl sites for hydroxylation is 1. The van der Waals surface area contributed by atoms with Crippen LogP contribution < -0.4 is 0 Å². The van der Waals surface area contributed by atoms with Crippen LogP contribution in [0.15, 0.2) is 72.8 Å². The number of hydrogen-bond acceptors (Lipinski definition) is 2. The van der Waals surface area contributed by atoms with Crippen LogP contribution in [0.4, 0.5) is 0 Å². The van der Waals surface area contributed by atoms with E-state index in [-0.39, 0.29) is 11.7 Å². The lowest BCUT2D eigenvalue weighted by atomic mass is 10.0. The van der Waals surface area contributed by atoms with Crippen LogP contribution in [0.3, 0.4) is 0 Å². The molecule has 4 rings (SSSR count). The molecule has 0 spiro atoms. The number of hydrogen-bond donors (Lipinski definition) is 1. The number of nitrogens with zero attached hydrogens (tertiary/aromatic N) is 1. The van der Waals surface area contributed by atoms with Crippen molar-refractivity contribution in [2.24, 2.45) is 5.92 Å². The van der Waals surface area contributed by atoms with Crippen molar-refractivity contribution in [1.82, 2.24) is 4.90 Å². The van der Waals surface area contributed by atoms with E-state index in [1.807, 2.05) is 29.2 Å². The molecule has 0 heterocycles. The van der Waals surface area contributed by atoms with Crippen LogP contribution in [0, 0.1) is 17.8 Å². The molecule has 3 aromatic carbocycles. The van der Waals surface area contributed by atoms with Gasteiger partial charge in [-0.25, -0.2) is 0 Å². The zero-order valence-corrected chi connectivity index (χ0v) is 22.1. The molecule has 0 unspecified atom stereocenters. The van der Waals surface area contributed by atoms with E-state index in [1.54, 1.807) is 12.1 Å². The Balaban J connectivity index is 1.39. The lowest BCUT2D eigenvalue weighted by Gasteiger charge is -2.24. The molecule has 1 N–H and O–H groups in total. The van der Waals surface area contributed by atoms with E-state index >= 15 is 0 Å². The Morgan fingerprint density at radius 2 is 1.32 bits per heavy atom. The fraction of sp³-hybridized carbons (Fsp3) is 0.382. The highest BCUT2D eigenvalue weighted by Gasteiger charge is 2.20. The predicted molar refractivity (Wildman–Crippen MR) is 151 cm³/mol. The number of rotatable bonds is 10. The minimum atomic E-state index is 0.200. The van der Waals surface area contributed by atoms with E-state index in [0.29, 0.717) is 25.4 Å². The van der Waals surface area contributed by atoms with Crippen molar-refractivity contribution in [3.05, 3.63) is 101 Å². The van der Waals surface area contributed by atoms with E-state index in [0.717, 1.165) is 35.1 Å². The van der Waals surface area contributed by atoms with Crippen LogP contribution in [-0.4, -0.2) is 15.9 Å². The van der Waals surface area contributed by atoms with Gasteiger partial charge in [0.1, 0.15) is 5.75 Å². The molecule has 0 bridgehead atoms. The van der Waals surface area contributed by atoms with Gasteiger partial charge in [0.05, 0.1) is 0 Å². The Kier molecular flexibility index (Phi) is 9.83. The molecule has 1 aliphatic rings. The van der Waals surface area contributed by atoms with Gasteiger partial charge in [-0.15, -0.1) is 0 Å². The van der Waals surface area contributed by atoms with Gasteiger partial charge in [0.2, 0.25) is 5.91 Å². The van der Waals surface area contributed by atoms with Crippen molar-refractivity contribution in [3.8, 4) is 17.6 Å². The molecule has 3 heteroatoms. The normalized spacial score (nSPS) is 13.2. The van der Waals surface area contributed by atoms with Crippen LogP contribution in [0.1, 0.15) is 86.1 Å². The first-order chi connectivity index (χ1) is 18.1. The number of carbonyl (C=O) groups is 1. The van der Waals surface area contributed by atoms with Crippen LogP contribution in [0.2, 0.25) is 0 Å². The molecular weight excluding hydrogens is 454 g/mol. The van der Waals surface area contributed by atoms with Crippen LogP contribution in [-0.2, 0) is 24.3 Å². The first-order valence-corrected chi connectivity index (χ1v) is 13.8. The molecule has 0 atom stereocenters. The first-order valence-electron chi connectivity index (χ1n) is 13.8. The van der Waals surface area contributed by atoms with Gasteiger partial charge in [0.15, 0.2) is 0 Å². The van der Waals surface area contributed by atoms with E-state index in [9.17, 15) is 9.90 Å². The van der Waals surface area contributed by atoms with Crippen molar-refractivity contribution >= 4 is 5.91 Å². The number of unbranched alkanes of at least 4 members (excludes halogenated alkanes) is 1. The van der Waals surface area contributed by atoms with Gasteiger partial charge in [0.25, 0.3) is 0 Å². The second-order valence-electron chi connectivity index (χ2n) is 10.4. The van der Waals surface area contributed by atoms with E-state index in [2.05, 4.69) is 55.2 Å². The summed E-state index contributed by atoms with van der Waals surface area (Å²) in [4.78, 5) is 15.2. The summed E-state index contributed by atoms with van der Waals surface area (Å²) in [6.07, 6.45) is 10.3. The minimum Gasteiger partial charge on any atom is -0.508 e. The number of benzene rings is 3. The van der Waals surface area contributed by atoms with Gasteiger partial charge in [-0.2, -0.15) is 0 Å². The minimum absolute atomic E-state index is 0.200. The molecule has 0 radical (unpaired) electrons. The highest BCUT2D eigenvalue weighted by molar-refractivity contribution is 5.76. The third kappa shape index (κ3) is 8.53. The first kappa shape index (κ1) is 26.6. The lowest BCUT2D eigenvalue weighted by Crippen LogP contribution is -2.30. The third-order valence-corrected chi connectivity index (χ3v) is 7.36. The molecule has 37 heavy (non-hydrogen) atoms. The van der Waals surface area contributed by atoms with Crippen molar-refractivity contribution in [2.45, 2.75) is 77.8 Å². The smallest absolute Gasteiger partial charge is 0.223 e. The van der Waals surface area contributed by atoms with Gasteiger partial charge in [-0.3, -0.25) is 4.79 Å². The summed E-state index contributed by atoms with van der Waals surface area (Å²) in [5.41, 5.74) is 5.48. The van der Waals surface area contributed by atoms with Gasteiger partial charge in [0, 0.05) is 30.6 Å². The zero-order chi connectivity index (χ0) is 25.9. The van der Waals surface area contributed by atoms with Gasteiger partial charge >= 0.3 is 0 Å². The number of phenols is 1. The highest BCUT2D eigenvalue weighted by atomic mass is 16.3. The van der Waals surface area contributed by atoms with Crippen molar-refractivity contribution < 1.29 is 9.90 Å². The third-order valence-electron chi connectivity index (χ3n) is 7.36. The average Bonchev–Trinajstić information content (AvgIpc) is 3.45. The summed E-state index contributed by atoms with van der Waals surface area (Å²) < 4.78 is 0. The monoisotopic (exact) mass is 493 g/mol.